The van der Waals surface area contributed by atoms with Crippen LogP contribution in [0.2, 0.25) is 0 Å². The predicted molar refractivity (Wildman–Crippen MR) is 60.4 cm³/mol. The Hall–Kier alpha value is -0.530. The molecular formula is C8H8NO9P3-6. The Morgan fingerprint density at radius 2 is 1.48 bits per heavy atom. The van der Waals surface area contributed by atoms with Crippen molar-refractivity contribution in [1.82, 2.24) is 0 Å². The molecule has 1 N–H and O–H groups in total. The molecule has 0 saturated heterocycles. The van der Waals surface area contributed by atoms with Crippen molar-refractivity contribution in [2.24, 2.45) is 0 Å². The van der Waals surface area contributed by atoms with Crippen LogP contribution in [-0.4, -0.2) is 5.52 Å². The fourth-order valence-corrected chi connectivity index (χ4v) is 4.11. The largest absolute Gasteiger partial charge is 0.810 e. The number of rotatable bonds is 6. The van der Waals surface area contributed by atoms with Crippen LogP contribution in [0.1, 0.15) is 5.56 Å². The lowest BCUT2D eigenvalue weighted by atomic mass is 10.2. The highest BCUT2D eigenvalue weighted by Crippen LogP contribution is 2.49. The fourth-order valence-electron chi connectivity index (χ4n) is 1.46. The van der Waals surface area contributed by atoms with Crippen LogP contribution in [-0.2, 0) is 19.9 Å². The number of hydrogen-bond donors (Lipinski definition) is 1. The Kier molecular flexibility index (Phi) is 5.56. The van der Waals surface area contributed by atoms with E-state index in [0.717, 1.165) is 12.1 Å². The Morgan fingerprint density at radius 3 is 1.90 bits per heavy atom. The third-order valence-electron chi connectivity index (χ3n) is 2.20. The lowest BCUT2D eigenvalue weighted by molar-refractivity contribution is -0.329. The number of anilines is 1. The minimum Gasteiger partial charge on any atom is -0.810 e. The van der Waals surface area contributed by atoms with Crippen LogP contribution >= 0.6 is 22.8 Å². The van der Waals surface area contributed by atoms with E-state index in [-0.39, 0.29) is 11.3 Å². The van der Waals surface area contributed by atoms with Crippen LogP contribution in [0, 0.1) is 0 Å². The molecule has 1 aromatic rings. The summed E-state index contributed by atoms with van der Waals surface area (Å²) < 4.78 is 32.2. The molecule has 120 valence electrons. The van der Waals surface area contributed by atoms with E-state index in [0.29, 0.717) is 0 Å². The summed E-state index contributed by atoms with van der Waals surface area (Å²) in [7, 11) is -16.5. The van der Waals surface area contributed by atoms with Gasteiger partial charge in [-0.15, -0.1) is 0 Å². The summed E-state index contributed by atoms with van der Waals surface area (Å²) in [6, 6.07) is 4.44. The van der Waals surface area contributed by atoms with Gasteiger partial charge in [-0.1, -0.05) is 19.7 Å². The smallest absolute Gasteiger partial charge is 0.0806 e. The number of nitrogens with one attached hydrogen (secondary N) is 1. The topological polar surface area (TPSA) is 202 Å². The first kappa shape index (κ1) is 18.5. The second-order valence-corrected chi connectivity index (χ2v) is 9.20. The van der Waals surface area contributed by atoms with Crippen molar-refractivity contribution in [3.05, 3.63) is 29.8 Å². The second kappa shape index (κ2) is 6.30. The quantitative estimate of drug-likeness (QED) is 0.501. The summed E-state index contributed by atoms with van der Waals surface area (Å²) in [6.45, 7) is 0. The van der Waals surface area contributed by atoms with Gasteiger partial charge in [-0.2, -0.15) is 0 Å². The average molecular weight is 355 g/mol. The molecule has 0 amide bonds. The van der Waals surface area contributed by atoms with Crippen LogP contribution in [0.3, 0.4) is 0 Å². The minimum atomic E-state index is -5.80. The highest BCUT2D eigenvalue weighted by Gasteiger charge is 2.17. The maximum Gasteiger partial charge on any atom is 0.0806 e. The molecule has 21 heavy (non-hydrogen) atoms. The van der Waals surface area contributed by atoms with Crippen LogP contribution in [0.25, 0.3) is 0 Å². The number of hydrogen-bond acceptors (Lipinski definition) is 10. The van der Waals surface area contributed by atoms with E-state index in [2.05, 4.69) is 0 Å². The van der Waals surface area contributed by atoms with Gasteiger partial charge in [0, 0.05) is 11.8 Å². The van der Waals surface area contributed by atoms with Crippen molar-refractivity contribution in [2.45, 2.75) is 11.7 Å². The van der Waals surface area contributed by atoms with Gasteiger partial charge < -0.3 is 48.4 Å². The van der Waals surface area contributed by atoms with E-state index < -0.39 is 34.5 Å². The first-order valence-corrected chi connectivity index (χ1v) is 10.1. The average Bonchev–Trinajstić information content (AvgIpc) is 2.20. The molecule has 0 fully saturated rings. The van der Waals surface area contributed by atoms with Crippen molar-refractivity contribution >= 4 is 28.5 Å². The Bertz CT molecular complexity index is 622. The maximum atomic E-state index is 10.8. The zero-order valence-corrected chi connectivity index (χ0v) is 12.8. The van der Waals surface area contributed by atoms with Gasteiger partial charge in [-0.05, 0) is 32.9 Å². The van der Waals surface area contributed by atoms with E-state index in [1.54, 1.807) is 5.32 Å². The van der Waals surface area contributed by atoms with E-state index in [1.807, 2.05) is 0 Å². The van der Waals surface area contributed by atoms with Gasteiger partial charge in [0.2, 0.25) is 0 Å². The van der Waals surface area contributed by atoms with E-state index in [1.165, 1.54) is 12.1 Å². The molecule has 0 bridgehead atoms. The first-order valence-electron chi connectivity index (χ1n) is 5.19. The molecule has 0 radical (unpaired) electrons. The predicted octanol–water partition coefficient (Wildman–Crippen LogP) is -3.38. The Balaban J connectivity index is 3.06. The highest BCUT2D eigenvalue weighted by molar-refractivity contribution is 7.68. The van der Waals surface area contributed by atoms with E-state index >= 15 is 0 Å². The number of benzene rings is 1. The molecule has 0 aromatic heterocycles. The van der Waals surface area contributed by atoms with Gasteiger partial charge in [0.05, 0.1) is 5.52 Å². The lowest BCUT2D eigenvalue weighted by Gasteiger charge is -2.49. The lowest BCUT2D eigenvalue weighted by Crippen LogP contribution is -2.38. The molecule has 1 rings (SSSR count). The normalized spacial score (nSPS) is 13.5. The molecule has 13 heteroatoms. The highest BCUT2D eigenvalue weighted by atomic mass is 31.2. The van der Waals surface area contributed by atoms with Crippen LogP contribution < -0.4 is 34.7 Å². The van der Waals surface area contributed by atoms with Crippen molar-refractivity contribution in [2.75, 3.05) is 5.32 Å². The van der Waals surface area contributed by atoms with Crippen molar-refractivity contribution in [1.29, 1.82) is 0 Å². The fraction of sp³-hybridized carbons (Fsp3) is 0.250. The Labute approximate surface area is 119 Å². The molecule has 0 heterocycles. The van der Waals surface area contributed by atoms with Gasteiger partial charge in [0.15, 0.2) is 0 Å². The summed E-state index contributed by atoms with van der Waals surface area (Å²) in [5, 5.41) is 1.72. The van der Waals surface area contributed by atoms with Crippen LogP contribution in [0.5, 0.6) is 0 Å². The minimum absolute atomic E-state index is 0.0645. The van der Waals surface area contributed by atoms with Gasteiger partial charge in [0.1, 0.15) is 0 Å². The third-order valence-corrected chi connectivity index (χ3v) is 6.10. The van der Waals surface area contributed by atoms with E-state index in [4.69, 9.17) is 0 Å². The maximum absolute atomic E-state index is 10.8. The van der Waals surface area contributed by atoms with Crippen molar-refractivity contribution < 1.29 is 43.1 Å². The molecular weight excluding hydrogens is 347 g/mol. The molecule has 10 nitrogen and oxygen atoms in total. The summed E-state index contributed by atoms with van der Waals surface area (Å²) in [5.41, 5.74) is -3.28. The zero-order valence-electron chi connectivity index (χ0n) is 10.1. The molecule has 1 aromatic carbocycles. The third kappa shape index (κ3) is 6.40. The molecule has 0 spiro atoms. The van der Waals surface area contributed by atoms with Crippen molar-refractivity contribution in [3.63, 3.8) is 0 Å². The molecule has 0 saturated carbocycles. The van der Waals surface area contributed by atoms with Gasteiger partial charge in [-0.3, -0.25) is 0 Å². The Morgan fingerprint density at radius 1 is 0.952 bits per heavy atom. The summed E-state index contributed by atoms with van der Waals surface area (Å²) >= 11 is 0. The standard InChI is InChI=1S/C8H14NO9P3/c10-19(11,12)5-6-2-1-3-7(4-6)9-8(20(13,14)15)21(16,17)18/h1-4,8-9H,5H2,(H2,10,11,12)(H2,13,14,15)(H2,16,17,18)/p-6. The van der Waals surface area contributed by atoms with Gasteiger partial charge in [0.25, 0.3) is 0 Å². The first-order chi connectivity index (χ1) is 9.29. The SMILES string of the molecule is O=P([O-])([O-])Cc1cccc(NC(P(=O)([O-])[O-])P(=O)([O-])[O-])c1. The molecule has 0 atom stereocenters. The summed E-state index contributed by atoms with van der Waals surface area (Å²) in [5.74, 6) is 0. The van der Waals surface area contributed by atoms with Crippen LogP contribution in [0.4, 0.5) is 5.69 Å². The molecule has 0 aliphatic rings. The van der Waals surface area contributed by atoms with Crippen LogP contribution in [0.15, 0.2) is 24.3 Å². The monoisotopic (exact) mass is 355 g/mol. The zero-order chi connectivity index (χ0) is 16.5. The second-order valence-electron chi connectivity index (χ2n) is 4.07. The van der Waals surface area contributed by atoms with E-state index in [9.17, 15) is 43.1 Å². The molecule has 0 aliphatic heterocycles. The summed E-state index contributed by atoms with van der Waals surface area (Å²) in [6.07, 6.45) is -0.897. The van der Waals surface area contributed by atoms with Gasteiger partial charge in [-0.25, -0.2) is 0 Å². The van der Waals surface area contributed by atoms with Crippen molar-refractivity contribution in [3.8, 4) is 0 Å². The molecule has 0 unspecified atom stereocenters. The summed E-state index contributed by atoms with van der Waals surface area (Å²) in [4.78, 5) is 64.4. The molecule has 0 aliphatic carbocycles. The van der Waals surface area contributed by atoms with Gasteiger partial charge >= 0.3 is 0 Å².